The number of nitrogens with zero attached hydrogens (tertiary/aromatic N) is 2. The van der Waals surface area contributed by atoms with Gasteiger partial charge in [-0.25, -0.2) is 0 Å². The zero-order valence-corrected chi connectivity index (χ0v) is 11.7. The van der Waals surface area contributed by atoms with Crippen molar-refractivity contribution in [3.8, 4) is 0 Å². The van der Waals surface area contributed by atoms with Crippen LogP contribution in [0, 0.1) is 13.8 Å². The molecule has 6 heteroatoms. The molecule has 0 radical (unpaired) electrons. The van der Waals surface area contributed by atoms with Crippen molar-refractivity contribution in [2.75, 3.05) is 11.9 Å². The van der Waals surface area contributed by atoms with Gasteiger partial charge in [0.1, 0.15) is 4.99 Å². The maximum atomic E-state index is 5.79. The van der Waals surface area contributed by atoms with Crippen LogP contribution in [0.5, 0.6) is 0 Å². The van der Waals surface area contributed by atoms with Crippen molar-refractivity contribution >= 4 is 23.0 Å². The van der Waals surface area contributed by atoms with Crippen molar-refractivity contribution in [2.45, 2.75) is 39.3 Å². The number of ether oxygens (including phenoxy) is 1. The molecule has 5 nitrogen and oxygen atoms in total. The summed E-state index contributed by atoms with van der Waals surface area (Å²) in [6.45, 7) is 6.66. The van der Waals surface area contributed by atoms with E-state index in [1.54, 1.807) is 0 Å². The van der Waals surface area contributed by atoms with Gasteiger partial charge in [0.2, 0.25) is 0 Å². The van der Waals surface area contributed by atoms with Gasteiger partial charge in [-0.05, 0) is 32.8 Å². The second kappa shape index (κ2) is 5.16. The van der Waals surface area contributed by atoms with Crippen LogP contribution in [0.2, 0.25) is 0 Å². The molecule has 0 amide bonds. The van der Waals surface area contributed by atoms with E-state index >= 15 is 0 Å². The van der Waals surface area contributed by atoms with Gasteiger partial charge in [0.25, 0.3) is 0 Å². The summed E-state index contributed by atoms with van der Waals surface area (Å²) in [6.07, 6.45) is 1.11. The average Bonchev–Trinajstić information content (AvgIpc) is 2.69. The Balaban J connectivity index is 2.32. The Kier molecular flexibility index (Phi) is 3.77. The van der Waals surface area contributed by atoms with Gasteiger partial charge in [0.15, 0.2) is 5.82 Å². The number of hydrogen-bond acceptors (Lipinski definition) is 5. The second-order valence-electron chi connectivity index (χ2n) is 4.61. The molecule has 2 unspecified atom stereocenters. The maximum absolute atomic E-state index is 5.79. The molecule has 1 aliphatic heterocycles. The fraction of sp³-hybridized carbons (Fsp3) is 0.583. The number of nitrogens with one attached hydrogen (secondary N) is 1. The van der Waals surface area contributed by atoms with Gasteiger partial charge < -0.3 is 15.8 Å². The van der Waals surface area contributed by atoms with E-state index in [4.69, 9.17) is 22.7 Å². The van der Waals surface area contributed by atoms with Gasteiger partial charge in [-0.2, -0.15) is 5.10 Å². The molecule has 0 saturated carbocycles. The fourth-order valence-electron chi connectivity index (χ4n) is 2.11. The number of nitrogens with two attached hydrogens (primary N) is 1. The molecule has 2 heterocycles. The quantitative estimate of drug-likeness (QED) is 0.804. The molecular formula is C12H18N4OS. The molecule has 1 saturated heterocycles. The third kappa shape index (κ3) is 2.44. The van der Waals surface area contributed by atoms with Crippen LogP contribution >= 0.6 is 12.2 Å². The van der Waals surface area contributed by atoms with Crippen molar-refractivity contribution in [1.82, 2.24) is 10.2 Å². The van der Waals surface area contributed by atoms with E-state index in [1.807, 2.05) is 20.8 Å². The molecule has 2 rings (SSSR count). The minimum Gasteiger partial charge on any atom is -0.389 e. The first-order valence-corrected chi connectivity index (χ1v) is 6.43. The van der Waals surface area contributed by atoms with E-state index in [1.165, 1.54) is 0 Å². The summed E-state index contributed by atoms with van der Waals surface area (Å²) in [7, 11) is 0. The van der Waals surface area contributed by atoms with Gasteiger partial charge >= 0.3 is 0 Å². The van der Waals surface area contributed by atoms with Gasteiger partial charge in [-0.15, -0.1) is 5.10 Å². The molecule has 1 aromatic rings. The highest BCUT2D eigenvalue weighted by Crippen LogP contribution is 2.22. The van der Waals surface area contributed by atoms with E-state index in [9.17, 15) is 0 Å². The Morgan fingerprint density at radius 1 is 1.44 bits per heavy atom. The molecule has 1 aromatic heterocycles. The van der Waals surface area contributed by atoms with Crippen molar-refractivity contribution in [3.63, 3.8) is 0 Å². The molecular weight excluding hydrogens is 248 g/mol. The molecule has 0 bridgehead atoms. The molecule has 18 heavy (non-hydrogen) atoms. The second-order valence-corrected chi connectivity index (χ2v) is 5.05. The van der Waals surface area contributed by atoms with Crippen LogP contribution < -0.4 is 11.1 Å². The van der Waals surface area contributed by atoms with E-state index in [0.29, 0.717) is 10.8 Å². The largest absolute Gasteiger partial charge is 0.389 e. The lowest BCUT2D eigenvalue weighted by atomic mass is 10.1. The van der Waals surface area contributed by atoms with Crippen LogP contribution in [0.1, 0.15) is 30.2 Å². The normalized spacial score (nSPS) is 23.1. The highest BCUT2D eigenvalue weighted by molar-refractivity contribution is 7.80. The topological polar surface area (TPSA) is 73.1 Å². The molecule has 2 atom stereocenters. The summed E-state index contributed by atoms with van der Waals surface area (Å²) in [6, 6.07) is 0.231. The van der Waals surface area contributed by atoms with E-state index in [0.717, 1.165) is 29.8 Å². The number of thiocarbonyl (C=S) groups is 1. The summed E-state index contributed by atoms with van der Waals surface area (Å²) < 4.78 is 5.52. The van der Waals surface area contributed by atoms with E-state index in [-0.39, 0.29) is 12.1 Å². The standard InChI is InChI=1S/C12H18N4OS/c1-6-7(2)15-16-12(10(6)11(13)18)14-9-4-5-17-8(9)3/h8-9H,4-5H2,1-3H3,(H2,13,18)(H,14,16). The third-order valence-electron chi connectivity index (χ3n) is 3.40. The van der Waals surface area contributed by atoms with Crippen LogP contribution in [0.4, 0.5) is 5.82 Å². The zero-order chi connectivity index (χ0) is 13.3. The number of anilines is 1. The minimum absolute atomic E-state index is 0.160. The first-order chi connectivity index (χ1) is 8.50. The lowest BCUT2D eigenvalue weighted by molar-refractivity contribution is 0.121. The van der Waals surface area contributed by atoms with E-state index < -0.39 is 0 Å². The summed E-state index contributed by atoms with van der Waals surface area (Å²) in [4.78, 5) is 0.347. The Morgan fingerprint density at radius 2 is 2.17 bits per heavy atom. The first-order valence-electron chi connectivity index (χ1n) is 6.02. The maximum Gasteiger partial charge on any atom is 0.159 e. The Morgan fingerprint density at radius 3 is 2.72 bits per heavy atom. The van der Waals surface area contributed by atoms with Crippen LogP contribution in [0.3, 0.4) is 0 Å². The van der Waals surface area contributed by atoms with E-state index in [2.05, 4.69) is 15.5 Å². The molecule has 0 aromatic carbocycles. The summed E-state index contributed by atoms with van der Waals surface area (Å²) in [5, 5.41) is 11.6. The molecule has 3 N–H and O–H groups in total. The zero-order valence-electron chi connectivity index (χ0n) is 10.9. The fourth-order valence-corrected chi connectivity index (χ4v) is 2.36. The SMILES string of the molecule is Cc1nnc(NC2CCOC2C)c(C(N)=S)c1C. The lowest BCUT2D eigenvalue weighted by Crippen LogP contribution is -2.29. The van der Waals surface area contributed by atoms with Crippen molar-refractivity contribution in [1.29, 1.82) is 0 Å². The van der Waals surface area contributed by atoms with Crippen LogP contribution in [0.25, 0.3) is 0 Å². The molecule has 1 aliphatic rings. The molecule has 0 aliphatic carbocycles. The number of hydrogen-bond donors (Lipinski definition) is 2. The first kappa shape index (κ1) is 13.2. The molecule has 1 fully saturated rings. The Hall–Kier alpha value is -1.27. The van der Waals surface area contributed by atoms with Gasteiger partial charge in [0, 0.05) is 6.61 Å². The van der Waals surface area contributed by atoms with Crippen molar-refractivity contribution < 1.29 is 4.74 Å². The van der Waals surface area contributed by atoms with Gasteiger partial charge in [-0.1, -0.05) is 12.2 Å². The molecule has 0 spiro atoms. The smallest absolute Gasteiger partial charge is 0.159 e. The number of aryl methyl sites for hydroxylation is 1. The van der Waals surface area contributed by atoms with Gasteiger partial charge in [-0.3, -0.25) is 0 Å². The molecule has 98 valence electrons. The van der Waals surface area contributed by atoms with Gasteiger partial charge in [0.05, 0.1) is 23.4 Å². The van der Waals surface area contributed by atoms with Crippen LogP contribution in [0.15, 0.2) is 0 Å². The predicted molar refractivity (Wildman–Crippen MR) is 74.8 cm³/mol. The predicted octanol–water partition coefficient (Wildman–Crippen LogP) is 1.32. The summed E-state index contributed by atoms with van der Waals surface area (Å²) >= 11 is 5.11. The minimum atomic E-state index is 0.160. The third-order valence-corrected chi connectivity index (χ3v) is 3.60. The highest BCUT2D eigenvalue weighted by atomic mass is 32.1. The average molecular weight is 266 g/mol. The Labute approximate surface area is 112 Å². The van der Waals surface area contributed by atoms with Crippen LogP contribution in [-0.4, -0.2) is 33.9 Å². The summed E-state index contributed by atoms with van der Waals surface area (Å²) in [5.74, 6) is 0.660. The highest BCUT2D eigenvalue weighted by Gasteiger charge is 2.26. The number of aromatic nitrogens is 2. The van der Waals surface area contributed by atoms with Crippen molar-refractivity contribution in [3.05, 3.63) is 16.8 Å². The Bertz CT molecular complexity index is 477. The monoisotopic (exact) mass is 266 g/mol. The van der Waals surface area contributed by atoms with Crippen LogP contribution in [-0.2, 0) is 4.74 Å². The van der Waals surface area contributed by atoms with Crippen molar-refractivity contribution in [2.24, 2.45) is 5.73 Å². The lowest BCUT2D eigenvalue weighted by Gasteiger charge is -2.19. The summed E-state index contributed by atoms with van der Waals surface area (Å²) in [5.41, 5.74) is 8.40. The number of rotatable bonds is 3.